The van der Waals surface area contributed by atoms with E-state index in [0.29, 0.717) is 6.54 Å². The molecule has 0 saturated carbocycles. The van der Waals surface area contributed by atoms with Gasteiger partial charge in [0.1, 0.15) is 0 Å². The Balaban J connectivity index is 1.76. The third-order valence-corrected chi connectivity index (χ3v) is 4.12. The third kappa shape index (κ3) is 2.98. The topological polar surface area (TPSA) is 55.1 Å². The van der Waals surface area contributed by atoms with Gasteiger partial charge in [-0.1, -0.05) is 36.4 Å². The molecule has 2 aromatic carbocycles. The molecular formula is C18H20N2O. The highest BCUT2D eigenvalue weighted by molar-refractivity contribution is 5.96. The molecule has 108 valence electrons. The Morgan fingerprint density at radius 3 is 2.62 bits per heavy atom. The summed E-state index contributed by atoms with van der Waals surface area (Å²) in [5.41, 5.74) is 10.4. The van der Waals surface area contributed by atoms with E-state index >= 15 is 0 Å². The average Bonchev–Trinajstić information content (AvgIpc) is 2.96. The Kier molecular flexibility index (Phi) is 4.02. The van der Waals surface area contributed by atoms with E-state index in [9.17, 15) is 4.79 Å². The molecule has 0 heterocycles. The fraction of sp³-hybridized carbons (Fsp3) is 0.278. The lowest BCUT2D eigenvalue weighted by Gasteiger charge is -2.16. The van der Waals surface area contributed by atoms with Crippen LogP contribution in [-0.4, -0.2) is 12.5 Å². The van der Waals surface area contributed by atoms with E-state index in [4.69, 9.17) is 5.73 Å². The van der Waals surface area contributed by atoms with Crippen LogP contribution in [-0.2, 0) is 17.6 Å². The Labute approximate surface area is 125 Å². The van der Waals surface area contributed by atoms with E-state index in [0.717, 1.165) is 24.1 Å². The van der Waals surface area contributed by atoms with E-state index < -0.39 is 0 Å². The molecular weight excluding hydrogens is 260 g/mol. The number of carbonyl (C=O) groups excluding carboxylic acids is 1. The Bertz CT molecular complexity index is 637. The van der Waals surface area contributed by atoms with Gasteiger partial charge in [0.15, 0.2) is 0 Å². The minimum atomic E-state index is -0.306. The molecule has 0 saturated heterocycles. The molecule has 1 aliphatic carbocycles. The fourth-order valence-electron chi connectivity index (χ4n) is 2.96. The maximum atomic E-state index is 12.5. The smallest absolute Gasteiger partial charge is 0.233 e. The molecule has 0 fully saturated rings. The monoisotopic (exact) mass is 280 g/mol. The maximum Gasteiger partial charge on any atom is 0.233 e. The van der Waals surface area contributed by atoms with E-state index in [-0.39, 0.29) is 11.8 Å². The molecule has 1 unspecified atom stereocenters. The maximum absolute atomic E-state index is 12.5. The number of hydrogen-bond donors (Lipinski definition) is 2. The van der Waals surface area contributed by atoms with Crippen molar-refractivity contribution in [1.82, 2.24) is 0 Å². The highest BCUT2D eigenvalue weighted by Gasteiger charge is 2.19. The molecule has 3 rings (SSSR count). The zero-order chi connectivity index (χ0) is 14.7. The van der Waals surface area contributed by atoms with Crippen LogP contribution in [0.1, 0.15) is 29.0 Å². The van der Waals surface area contributed by atoms with Crippen molar-refractivity contribution in [3.05, 3.63) is 65.2 Å². The Morgan fingerprint density at radius 1 is 1.10 bits per heavy atom. The molecule has 2 aromatic rings. The van der Waals surface area contributed by atoms with E-state index in [1.54, 1.807) is 0 Å². The minimum absolute atomic E-state index is 0.0401. The molecule has 1 atom stereocenters. The number of carbonyl (C=O) groups is 1. The van der Waals surface area contributed by atoms with Gasteiger partial charge < -0.3 is 11.1 Å². The van der Waals surface area contributed by atoms with Gasteiger partial charge in [-0.25, -0.2) is 0 Å². The normalized spacial score (nSPS) is 14.5. The highest BCUT2D eigenvalue weighted by atomic mass is 16.1. The van der Waals surface area contributed by atoms with Crippen molar-refractivity contribution < 1.29 is 4.79 Å². The average molecular weight is 280 g/mol. The van der Waals surface area contributed by atoms with Crippen molar-refractivity contribution in [2.45, 2.75) is 25.2 Å². The first-order valence-electron chi connectivity index (χ1n) is 7.45. The summed E-state index contributed by atoms with van der Waals surface area (Å²) in [7, 11) is 0. The van der Waals surface area contributed by atoms with Gasteiger partial charge in [0, 0.05) is 12.2 Å². The van der Waals surface area contributed by atoms with Gasteiger partial charge in [-0.05, 0) is 48.1 Å². The van der Waals surface area contributed by atoms with Crippen LogP contribution in [0.3, 0.4) is 0 Å². The van der Waals surface area contributed by atoms with Crippen molar-refractivity contribution in [3.63, 3.8) is 0 Å². The van der Waals surface area contributed by atoms with Crippen LogP contribution in [0, 0.1) is 0 Å². The van der Waals surface area contributed by atoms with Crippen LogP contribution < -0.4 is 11.1 Å². The largest absolute Gasteiger partial charge is 0.329 e. The summed E-state index contributed by atoms with van der Waals surface area (Å²) in [6.07, 6.45) is 3.47. The summed E-state index contributed by atoms with van der Waals surface area (Å²) in [5.74, 6) is -0.346. The molecule has 3 nitrogen and oxygen atoms in total. The number of nitrogens with two attached hydrogens (primary N) is 1. The summed E-state index contributed by atoms with van der Waals surface area (Å²) in [5, 5.41) is 3.00. The number of benzene rings is 2. The minimum Gasteiger partial charge on any atom is -0.329 e. The molecule has 0 spiro atoms. The van der Waals surface area contributed by atoms with Gasteiger partial charge in [-0.15, -0.1) is 0 Å². The number of amides is 1. The van der Waals surface area contributed by atoms with Crippen molar-refractivity contribution in [2.75, 3.05) is 11.9 Å². The molecule has 21 heavy (non-hydrogen) atoms. The van der Waals surface area contributed by atoms with Crippen LogP contribution in [0.5, 0.6) is 0 Å². The lowest BCUT2D eigenvalue weighted by molar-refractivity contribution is -0.117. The van der Waals surface area contributed by atoms with Crippen molar-refractivity contribution in [1.29, 1.82) is 0 Å². The second-order valence-electron chi connectivity index (χ2n) is 5.53. The Morgan fingerprint density at radius 2 is 1.86 bits per heavy atom. The van der Waals surface area contributed by atoms with Gasteiger partial charge in [0.05, 0.1) is 5.92 Å². The van der Waals surface area contributed by atoms with Crippen molar-refractivity contribution in [2.24, 2.45) is 5.73 Å². The first kappa shape index (κ1) is 13.8. The molecule has 1 aliphatic rings. The summed E-state index contributed by atoms with van der Waals surface area (Å²) >= 11 is 0. The Hall–Kier alpha value is -2.13. The number of hydrogen-bond acceptors (Lipinski definition) is 2. The number of anilines is 1. The van der Waals surface area contributed by atoms with Crippen LogP contribution in [0.25, 0.3) is 0 Å². The molecule has 0 bridgehead atoms. The number of rotatable bonds is 4. The predicted molar refractivity (Wildman–Crippen MR) is 85.3 cm³/mol. The molecule has 3 N–H and O–H groups in total. The first-order valence-corrected chi connectivity index (χ1v) is 7.45. The zero-order valence-electron chi connectivity index (χ0n) is 12.0. The van der Waals surface area contributed by atoms with E-state index in [2.05, 4.69) is 17.4 Å². The number of aryl methyl sites for hydroxylation is 2. The summed E-state index contributed by atoms with van der Waals surface area (Å²) in [6.45, 7) is 0.306. The molecule has 3 heteroatoms. The molecule has 0 aliphatic heterocycles. The van der Waals surface area contributed by atoms with Gasteiger partial charge >= 0.3 is 0 Å². The standard InChI is InChI=1S/C18H20N2O/c19-12-17(14-5-2-1-3-6-14)18(21)20-16-10-9-13-7-4-8-15(13)11-16/h1-3,5-6,9-11,17H,4,7-8,12,19H2,(H,20,21). The van der Waals surface area contributed by atoms with Crippen LogP contribution in [0.2, 0.25) is 0 Å². The lowest BCUT2D eigenvalue weighted by Crippen LogP contribution is -2.27. The zero-order valence-corrected chi connectivity index (χ0v) is 12.0. The molecule has 0 radical (unpaired) electrons. The predicted octanol–water partition coefficient (Wildman–Crippen LogP) is 2.86. The molecule has 1 amide bonds. The van der Waals surface area contributed by atoms with Crippen LogP contribution in [0.15, 0.2) is 48.5 Å². The van der Waals surface area contributed by atoms with Crippen LogP contribution in [0.4, 0.5) is 5.69 Å². The number of fused-ring (bicyclic) bond motifs is 1. The second-order valence-corrected chi connectivity index (χ2v) is 5.53. The fourth-order valence-corrected chi connectivity index (χ4v) is 2.96. The first-order chi connectivity index (χ1) is 10.3. The summed E-state index contributed by atoms with van der Waals surface area (Å²) in [4.78, 5) is 12.5. The van der Waals surface area contributed by atoms with Crippen molar-refractivity contribution >= 4 is 11.6 Å². The van der Waals surface area contributed by atoms with Gasteiger partial charge in [0.25, 0.3) is 0 Å². The lowest BCUT2D eigenvalue weighted by atomic mass is 9.98. The third-order valence-electron chi connectivity index (χ3n) is 4.12. The summed E-state index contributed by atoms with van der Waals surface area (Å²) < 4.78 is 0. The SMILES string of the molecule is NCC(C(=O)Nc1ccc2c(c1)CCC2)c1ccccc1. The summed E-state index contributed by atoms with van der Waals surface area (Å²) in [6, 6.07) is 15.9. The number of nitrogens with one attached hydrogen (secondary N) is 1. The molecule has 0 aromatic heterocycles. The second kappa shape index (κ2) is 6.10. The van der Waals surface area contributed by atoms with Gasteiger partial charge in [-0.2, -0.15) is 0 Å². The highest BCUT2D eigenvalue weighted by Crippen LogP contribution is 2.25. The van der Waals surface area contributed by atoms with E-state index in [1.807, 2.05) is 36.4 Å². The van der Waals surface area contributed by atoms with Crippen LogP contribution >= 0.6 is 0 Å². The van der Waals surface area contributed by atoms with E-state index in [1.165, 1.54) is 17.5 Å². The van der Waals surface area contributed by atoms with Crippen molar-refractivity contribution in [3.8, 4) is 0 Å². The quantitative estimate of drug-likeness (QED) is 0.905. The van der Waals surface area contributed by atoms with Gasteiger partial charge in [0.2, 0.25) is 5.91 Å². The van der Waals surface area contributed by atoms with Gasteiger partial charge in [-0.3, -0.25) is 4.79 Å².